The van der Waals surface area contributed by atoms with Crippen molar-refractivity contribution in [2.24, 2.45) is 0 Å². The standard InChI is InChI=1S/C21H22N4/c1-16-19-10-6-5-9-18(19)12-14-25(16)20-11-13-22-21(24-20)23-15-17-7-3-2-4-8-17/h2-11,13,16H,12,14-15H2,1H3,(H,22,23,24)/t16-/m0/s1. The summed E-state index contributed by atoms with van der Waals surface area (Å²) in [6.45, 7) is 3.95. The second kappa shape index (κ2) is 6.93. The molecule has 25 heavy (non-hydrogen) atoms. The Hall–Kier alpha value is -2.88. The molecule has 4 heteroatoms. The average Bonchev–Trinajstić information content (AvgIpc) is 2.68. The van der Waals surface area contributed by atoms with Crippen LogP contribution in [0.5, 0.6) is 0 Å². The van der Waals surface area contributed by atoms with Crippen LogP contribution in [0.1, 0.15) is 29.7 Å². The fraction of sp³-hybridized carbons (Fsp3) is 0.238. The molecule has 4 nitrogen and oxygen atoms in total. The number of rotatable bonds is 4. The van der Waals surface area contributed by atoms with Crippen molar-refractivity contribution in [2.75, 3.05) is 16.8 Å². The summed E-state index contributed by atoms with van der Waals surface area (Å²) in [7, 11) is 0. The second-order valence-corrected chi connectivity index (χ2v) is 6.40. The van der Waals surface area contributed by atoms with Crippen LogP contribution in [0, 0.1) is 0 Å². The van der Waals surface area contributed by atoms with E-state index in [1.54, 1.807) is 0 Å². The van der Waals surface area contributed by atoms with Gasteiger partial charge in [0.25, 0.3) is 0 Å². The van der Waals surface area contributed by atoms with Crippen molar-refractivity contribution in [1.29, 1.82) is 0 Å². The highest BCUT2D eigenvalue weighted by Crippen LogP contribution is 2.32. The fourth-order valence-electron chi connectivity index (χ4n) is 3.46. The zero-order valence-corrected chi connectivity index (χ0v) is 14.4. The fourth-order valence-corrected chi connectivity index (χ4v) is 3.46. The van der Waals surface area contributed by atoms with Crippen LogP contribution in [0.4, 0.5) is 11.8 Å². The largest absolute Gasteiger partial charge is 0.350 e. The van der Waals surface area contributed by atoms with Gasteiger partial charge in [-0.25, -0.2) is 4.98 Å². The van der Waals surface area contributed by atoms with Crippen LogP contribution >= 0.6 is 0 Å². The Balaban J connectivity index is 1.52. The maximum Gasteiger partial charge on any atom is 0.224 e. The molecule has 2 heterocycles. The lowest BCUT2D eigenvalue weighted by molar-refractivity contribution is 0.616. The molecule has 0 saturated heterocycles. The summed E-state index contributed by atoms with van der Waals surface area (Å²) in [6, 6.07) is 21.3. The minimum absolute atomic E-state index is 0.321. The van der Waals surface area contributed by atoms with Gasteiger partial charge in [-0.05, 0) is 36.1 Å². The first-order valence-corrected chi connectivity index (χ1v) is 8.76. The van der Waals surface area contributed by atoms with E-state index in [0.29, 0.717) is 12.0 Å². The number of nitrogens with zero attached hydrogens (tertiary/aromatic N) is 3. The molecular weight excluding hydrogens is 308 g/mol. The van der Waals surface area contributed by atoms with E-state index in [1.165, 1.54) is 16.7 Å². The number of nitrogens with one attached hydrogen (secondary N) is 1. The molecule has 0 radical (unpaired) electrons. The van der Waals surface area contributed by atoms with Crippen LogP contribution in [0.15, 0.2) is 66.9 Å². The van der Waals surface area contributed by atoms with Crippen molar-refractivity contribution < 1.29 is 0 Å². The van der Waals surface area contributed by atoms with Gasteiger partial charge in [-0.15, -0.1) is 0 Å². The number of benzene rings is 2. The third-order valence-corrected chi connectivity index (χ3v) is 4.82. The van der Waals surface area contributed by atoms with E-state index >= 15 is 0 Å². The topological polar surface area (TPSA) is 41.1 Å². The summed E-state index contributed by atoms with van der Waals surface area (Å²) in [5.41, 5.74) is 4.06. The summed E-state index contributed by atoms with van der Waals surface area (Å²) in [4.78, 5) is 11.5. The van der Waals surface area contributed by atoms with Crippen molar-refractivity contribution in [3.63, 3.8) is 0 Å². The number of fused-ring (bicyclic) bond motifs is 1. The molecule has 4 rings (SSSR count). The van der Waals surface area contributed by atoms with Gasteiger partial charge in [0.15, 0.2) is 0 Å². The van der Waals surface area contributed by atoms with Crippen LogP contribution in [0.2, 0.25) is 0 Å². The van der Waals surface area contributed by atoms with Gasteiger partial charge >= 0.3 is 0 Å². The summed E-state index contributed by atoms with van der Waals surface area (Å²) < 4.78 is 0. The SMILES string of the molecule is C[C@H]1c2ccccc2CCN1c1ccnc(NCc2ccccc2)n1. The van der Waals surface area contributed by atoms with Gasteiger partial charge in [0.1, 0.15) is 5.82 Å². The Morgan fingerprint density at radius 2 is 1.84 bits per heavy atom. The molecule has 1 aliphatic heterocycles. The smallest absolute Gasteiger partial charge is 0.224 e. The molecule has 3 aromatic rings. The number of anilines is 2. The minimum atomic E-state index is 0.321. The molecular formula is C21H22N4. The zero-order valence-electron chi connectivity index (χ0n) is 14.4. The molecule has 0 spiro atoms. The van der Waals surface area contributed by atoms with E-state index in [4.69, 9.17) is 4.98 Å². The van der Waals surface area contributed by atoms with Crippen LogP contribution in [-0.2, 0) is 13.0 Å². The average molecular weight is 330 g/mol. The van der Waals surface area contributed by atoms with Crippen molar-refractivity contribution in [3.05, 3.63) is 83.6 Å². The lowest BCUT2D eigenvalue weighted by Crippen LogP contribution is -2.34. The summed E-state index contributed by atoms with van der Waals surface area (Å²) in [6.07, 6.45) is 2.89. The maximum absolute atomic E-state index is 4.74. The Kier molecular flexibility index (Phi) is 4.34. The lowest BCUT2D eigenvalue weighted by Gasteiger charge is -2.36. The Labute approximate surface area is 148 Å². The molecule has 0 unspecified atom stereocenters. The van der Waals surface area contributed by atoms with Gasteiger partial charge in [0.2, 0.25) is 5.95 Å². The van der Waals surface area contributed by atoms with Crippen LogP contribution < -0.4 is 10.2 Å². The molecule has 1 N–H and O–H groups in total. The predicted octanol–water partition coefficient (Wildman–Crippen LogP) is 4.21. The monoisotopic (exact) mass is 330 g/mol. The summed E-state index contributed by atoms with van der Waals surface area (Å²) in [5.74, 6) is 1.65. The first-order valence-electron chi connectivity index (χ1n) is 8.76. The third-order valence-electron chi connectivity index (χ3n) is 4.82. The summed E-state index contributed by atoms with van der Waals surface area (Å²) in [5, 5.41) is 3.33. The lowest BCUT2D eigenvalue weighted by atomic mass is 9.94. The van der Waals surface area contributed by atoms with Crippen molar-refractivity contribution in [3.8, 4) is 0 Å². The van der Waals surface area contributed by atoms with E-state index in [0.717, 1.165) is 25.3 Å². The van der Waals surface area contributed by atoms with E-state index in [-0.39, 0.29) is 0 Å². The molecule has 1 aromatic heterocycles. The van der Waals surface area contributed by atoms with Gasteiger partial charge in [-0.3, -0.25) is 0 Å². The van der Waals surface area contributed by atoms with Crippen LogP contribution in [0.25, 0.3) is 0 Å². The predicted molar refractivity (Wildman–Crippen MR) is 102 cm³/mol. The number of aromatic nitrogens is 2. The third kappa shape index (κ3) is 3.33. The van der Waals surface area contributed by atoms with E-state index in [2.05, 4.69) is 58.5 Å². The van der Waals surface area contributed by atoms with E-state index in [1.807, 2.05) is 30.5 Å². The van der Waals surface area contributed by atoms with Gasteiger partial charge in [0, 0.05) is 19.3 Å². The molecule has 0 saturated carbocycles. The van der Waals surface area contributed by atoms with Crippen molar-refractivity contribution in [2.45, 2.75) is 25.9 Å². The van der Waals surface area contributed by atoms with Crippen molar-refractivity contribution >= 4 is 11.8 Å². The van der Waals surface area contributed by atoms with Gasteiger partial charge in [-0.1, -0.05) is 54.6 Å². The summed E-state index contributed by atoms with van der Waals surface area (Å²) >= 11 is 0. The quantitative estimate of drug-likeness (QED) is 0.778. The molecule has 2 aromatic carbocycles. The number of hydrogen-bond acceptors (Lipinski definition) is 4. The van der Waals surface area contributed by atoms with Crippen LogP contribution in [-0.4, -0.2) is 16.5 Å². The first kappa shape index (κ1) is 15.6. The molecule has 0 amide bonds. The Morgan fingerprint density at radius 3 is 2.72 bits per heavy atom. The van der Waals surface area contributed by atoms with Gasteiger partial charge in [-0.2, -0.15) is 4.98 Å². The minimum Gasteiger partial charge on any atom is -0.350 e. The Morgan fingerprint density at radius 1 is 1.04 bits per heavy atom. The maximum atomic E-state index is 4.74. The van der Waals surface area contributed by atoms with Crippen molar-refractivity contribution in [1.82, 2.24) is 9.97 Å². The molecule has 1 aliphatic rings. The molecule has 1 atom stereocenters. The number of hydrogen-bond donors (Lipinski definition) is 1. The molecule has 0 fully saturated rings. The second-order valence-electron chi connectivity index (χ2n) is 6.40. The highest BCUT2D eigenvalue weighted by Gasteiger charge is 2.24. The molecule has 0 aliphatic carbocycles. The van der Waals surface area contributed by atoms with E-state index < -0.39 is 0 Å². The van der Waals surface area contributed by atoms with Gasteiger partial charge < -0.3 is 10.2 Å². The van der Waals surface area contributed by atoms with Crippen LogP contribution in [0.3, 0.4) is 0 Å². The van der Waals surface area contributed by atoms with Gasteiger partial charge in [0.05, 0.1) is 6.04 Å². The highest BCUT2D eigenvalue weighted by atomic mass is 15.2. The molecule has 0 bridgehead atoms. The first-order chi connectivity index (χ1) is 12.3. The zero-order chi connectivity index (χ0) is 17.1. The normalized spacial score (nSPS) is 16.4. The highest BCUT2D eigenvalue weighted by molar-refractivity contribution is 5.49. The van der Waals surface area contributed by atoms with E-state index in [9.17, 15) is 0 Å². The Bertz CT molecular complexity index is 847. The molecule has 126 valence electrons.